The number of hydrogen-bond donors (Lipinski definition) is 0. The maximum absolute atomic E-state index is 12.9. The Kier molecular flexibility index (Phi) is 2.71. The minimum absolute atomic E-state index is 0.0621. The average molecular weight is 208 g/mol. The van der Waals surface area contributed by atoms with E-state index >= 15 is 0 Å². The molecular formula is C12H13FO2. The van der Waals surface area contributed by atoms with Crippen LogP contribution < -0.4 is 0 Å². The first-order valence-electron chi connectivity index (χ1n) is 5.06. The monoisotopic (exact) mass is 208 g/mol. The third kappa shape index (κ3) is 2.01. The van der Waals surface area contributed by atoms with E-state index in [4.69, 9.17) is 4.74 Å². The zero-order valence-corrected chi connectivity index (χ0v) is 8.63. The summed E-state index contributed by atoms with van der Waals surface area (Å²) in [6, 6.07) is 4.76. The molecule has 1 aromatic rings. The Labute approximate surface area is 88.1 Å². The first kappa shape index (κ1) is 10.1. The number of ether oxygens (including phenoxy) is 1. The zero-order valence-electron chi connectivity index (χ0n) is 8.63. The fourth-order valence-electron chi connectivity index (χ4n) is 2.09. The predicted molar refractivity (Wildman–Crippen MR) is 53.9 cm³/mol. The molecule has 0 heterocycles. The molecule has 0 fully saturated rings. The largest absolute Gasteiger partial charge is 0.469 e. The minimum Gasteiger partial charge on any atom is -0.469 e. The number of benzene rings is 1. The van der Waals surface area contributed by atoms with Gasteiger partial charge in [0.25, 0.3) is 0 Å². The summed E-state index contributed by atoms with van der Waals surface area (Å²) in [5.74, 6) is -0.428. The first-order valence-corrected chi connectivity index (χ1v) is 5.06. The number of aryl methyl sites for hydroxylation is 1. The van der Waals surface area contributed by atoms with Gasteiger partial charge in [-0.15, -0.1) is 0 Å². The van der Waals surface area contributed by atoms with Crippen molar-refractivity contribution in [3.63, 3.8) is 0 Å². The summed E-state index contributed by atoms with van der Waals surface area (Å²) in [5, 5.41) is 0. The molecule has 1 aliphatic carbocycles. The van der Waals surface area contributed by atoms with Crippen LogP contribution in [0.2, 0.25) is 0 Å². The van der Waals surface area contributed by atoms with Gasteiger partial charge in [-0.2, -0.15) is 0 Å². The van der Waals surface area contributed by atoms with Crippen LogP contribution in [0.5, 0.6) is 0 Å². The Morgan fingerprint density at radius 1 is 1.47 bits per heavy atom. The first-order chi connectivity index (χ1) is 7.20. The SMILES string of the molecule is COC(=O)C1CCc2cc(F)ccc2C1. The van der Waals surface area contributed by atoms with Gasteiger partial charge in [-0.05, 0) is 42.5 Å². The number of esters is 1. The summed E-state index contributed by atoms with van der Waals surface area (Å²) in [4.78, 5) is 11.3. The fraction of sp³-hybridized carbons (Fsp3) is 0.417. The van der Waals surface area contributed by atoms with Crippen LogP contribution in [0.4, 0.5) is 4.39 Å². The lowest BCUT2D eigenvalue weighted by Gasteiger charge is -2.22. The highest BCUT2D eigenvalue weighted by Gasteiger charge is 2.25. The van der Waals surface area contributed by atoms with Gasteiger partial charge in [-0.3, -0.25) is 4.79 Å². The molecule has 15 heavy (non-hydrogen) atoms. The molecule has 0 aliphatic heterocycles. The van der Waals surface area contributed by atoms with E-state index in [1.807, 2.05) is 0 Å². The highest BCUT2D eigenvalue weighted by molar-refractivity contribution is 5.73. The van der Waals surface area contributed by atoms with Crippen molar-refractivity contribution in [1.82, 2.24) is 0 Å². The second kappa shape index (κ2) is 4.01. The Hall–Kier alpha value is -1.38. The summed E-state index contributed by atoms with van der Waals surface area (Å²) in [7, 11) is 1.41. The summed E-state index contributed by atoms with van der Waals surface area (Å²) >= 11 is 0. The number of fused-ring (bicyclic) bond motifs is 1. The molecule has 2 rings (SSSR count). The Bertz CT molecular complexity index is 387. The van der Waals surface area contributed by atoms with Gasteiger partial charge in [-0.25, -0.2) is 4.39 Å². The quantitative estimate of drug-likeness (QED) is 0.661. The molecule has 1 atom stereocenters. The highest BCUT2D eigenvalue weighted by atomic mass is 19.1. The molecule has 1 unspecified atom stereocenters. The lowest BCUT2D eigenvalue weighted by molar-refractivity contribution is -0.145. The van der Waals surface area contributed by atoms with Crippen LogP contribution in [0, 0.1) is 11.7 Å². The molecule has 0 radical (unpaired) electrons. The third-order valence-electron chi connectivity index (χ3n) is 2.93. The number of methoxy groups -OCH3 is 1. The number of carbonyl (C=O) groups excluding carboxylic acids is 1. The van der Waals surface area contributed by atoms with Crippen molar-refractivity contribution in [1.29, 1.82) is 0 Å². The lowest BCUT2D eigenvalue weighted by atomic mass is 9.84. The Morgan fingerprint density at radius 3 is 3.00 bits per heavy atom. The zero-order chi connectivity index (χ0) is 10.8. The minimum atomic E-state index is -0.203. The molecule has 2 nitrogen and oxygen atoms in total. The number of carbonyl (C=O) groups is 1. The van der Waals surface area contributed by atoms with Crippen molar-refractivity contribution in [2.45, 2.75) is 19.3 Å². The van der Waals surface area contributed by atoms with E-state index in [1.54, 1.807) is 12.1 Å². The molecule has 0 amide bonds. The van der Waals surface area contributed by atoms with Crippen LogP contribution in [-0.4, -0.2) is 13.1 Å². The Balaban J connectivity index is 2.20. The van der Waals surface area contributed by atoms with Gasteiger partial charge in [0.1, 0.15) is 5.82 Å². The molecule has 0 saturated carbocycles. The predicted octanol–water partition coefficient (Wildman–Crippen LogP) is 2.10. The lowest BCUT2D eigenvalue weighted by Crippen LogP contribution is -2.23. The van der Waals surface area contributed by atoms with Crippen LogP contribution in [0.25, 0.3) is 0 Å². The van der Waals surface area contributed by atoms with Crippen LogP contribution in [0.1, 0.15) is 17.5 Å². The van der Waals surface area contributed by atoms with Gasteiger partial charge in [0.15, 0.2) is 0 Å². The summed E-state index contributed by atoms with van der Waals surface area (Å²) in [5.41, 5.74) is 2.09. The molecule has 0 bridgehead atoms. The second-order valence-corrected chi connectivity index (χ2v) is 3.88. The highest BCUT2D eigenvalue weighted by Crippen LogP contribution is 2.26. The molecule has 1 aromatic carbocycles. The summed E-state index contributed by atoms with van der Waals surface area (Å²) < 4.78 is 17.6. The Morgan fingerprint density at radius 2 is 2.27 bits per heavy atom. The van der Waals surface area contributed by atoms with Gasteiger partial charge in [0.05, 0.1) is 13.0 Å². The van der Waals surface area contributed by atoms with Crippen molar-refractivity contribution < 1.29 is 13.9 Å². The van der Waals surface area contributed by atoms with E-state index in [1.165, 1.54) is 13.2 Å². The van der Waals surface area contributed by atoms with E-state index in [-0.39, 0.29) is 17.7 Å². The topological polar surface area (TPSA) is 26.3 Å². The standard InChI is InChI=1S/C12H13FO2/c1-15-12(14)10-3-2-9-7-11(13)5-4-8(9)6-10/h4-5,7,10H,2-3,6H2,1H3. The van der Waals surface area contributed by atoms with Gasteiger partial charge >= 0.3 is 5.97 Å². The van der Waals surface area contributed by atoms with E-state index < -0.39 is 0 Å². The van der Waals surface area contributed by atoms with Gasteiger partial charge in [-0.1, -0.05) is 6.07 Å². The van der Waals surface area contributed by atoms with E-state index in [9.17, 15) is 9.18 Å². The van der Waals surface area contributed by atoms with Crippen molar-refractivity contribution in [2.24, 2.45) is 5.92 Å². The molecule has 0 saturated heterocycles. The molecular weight excluding hydrogens is 195 g/mol. The van der Waals surface area contributed by atoms with Crippen molar-refractivity contribution in [3.05, 3.63) is 35.1 Å². The van der Waals surface area contributed by atoms with Crippen LogP contribution in [0.15, 0.2) is 18.2 Å². The van der Waals surface area contributed by atoms with Gasteiger partial charge in [0, 0.05) is 0 Å². The normalized spacial score (nSPS) is 19.5. The molecule has 0 aromatic heterocycles. The second-order valence-electron chi connectivity index (χ2n) is 3.88. The van der Waals surface area contributed by atoms with Gasteiger partial charge < -0.3 is 4.74 Å². The summed E-state index contributed by atoms with van der Waals surface area (Å²) in [6.45, 7) is 0. The van der Waals surface area contributed by atoms with Crippen molar-refractivity contribution >= 4 is 5.97 Å². The molecule has 0 spiro atoms. The van der Waals surface area contributed by atoms with E-state index in [0.29, 0.717) is 6.42 Å². The van der Waals surface area contributed by atoms with E-state index in [0.717, 1.165) is 24.0 Å². The number of halogens is 1. The number of hydrogen-bond acceptors (Lipinski definition) is 2. The van der Waals surface area contributed by atoms with Gasteiger partial charge in [0.2, 0.25) is 0 Å². The molecule has 3 heteroatoms. The molecule has 80 valence electrons. The average Bonchev–Trinajstić information content (AvgIpc) is 2.27. The molecule has 1 aliphatic rings. The van der Waals surface area contributed by atoms with Crippen molar-refractivity contribution in [3.8, 4) is 0 Å². The van der Waals surface area contributed by atoms with Crippen LogP contribution in [-0.2, 0) is 22.4 Å². The van der Waals surface area contributed by atoms with E-state index in [2.05, 4.69) is 0 Å². The summed E-state index contributed by atoms with van der Waals surface area (Å²) in [6.07, 6.45) is 2.18. The fourth-order valence-corrected chi connectivity index (χ4v) is 2.09. The third-order valence-corrected chi connectivity index (χ3v) is 2.93. The molecule has 0 N–H and O–H groups in total. The maximum Gasteiger partial charge on any atom is 0.309 e. The van der Waals surface area contributed by atoms with Crippen molar-refractivity contribution in [2.75, 3.05) is 7.11 Å². The maximum atomic E-state index is 12.9. The smallest absolute Gasteiger partial charge is 0.309 e. The van der Waals surface area contributed by atoms with Crippen LogP contribution >= 0.6 is 0 Å². The van der Waals surface area contributed by atoms with Crippen LogP contribution in [0.3, 0.4) is 0 Å². The number of rotatable bonds is 1.